The number of para-hydroxylation sites is 2. The number of benzene rings is 2. The fourth-order valence-corrected chi connectivity index (χ4v) is 2.23. The van der Waals surface area contributed by atoms with Gasteiger partial charge < -0.3 is 15.0 Å². The van der Waals surface area contributed by atoms with E-state index in [9.17, 15) is 0 Å². The fourth-order valence-electron chi connectivity index (χ4n) is 2.23. The number of anilines is 1. The van der Waals surface area contributed by atoms with Crippen LogP contribution in [0.15, 0.2) is 65.7 Å². The van der Waals surface area contributed by atoms with Crippen molar-refractivity contribution in [2.75, 3.05) is 31.6 Å². The van der Waals surface area contributed by atoms with Crippen LogP contribution in [-0.4, -0.2) is 37.2 Å². The monoisotopic (exact) mass is 281 g/mol. The molecule has 0 atom stereocenters. The second kappa shape index (κ2) is 6.90. The minimum atomic E-state index is 0.740. The van der Waals surface area contributed by atoms with Gasteiger partial charge in [-0.05, 0) is 24.3 Å². The van der Waals surface area contributed by atoms with E-state index in [1.165, 1.54) is 0 Å². The second-order valence-electron chi connectivity index (χ2n) is 4.86. The number of hydrogen-bond donors (Lipinski definition) is 1. The van der Waals surface area contributed by atoms with Crippen molar-refractivity contribution < 1.29 is 4.74 Å². The van der Waals surface area contributed by atoms with E-state index < -0.39 is 0 Å². The molecule has 1 aliphatic heterocycles. The van der Waals surface area contributed by atoms with Crippen molar-refractivity contribution in [2.24, 2.45) is 4.99 Å². The Morgan fingerprint density at radius 1 is 0.905 bits per heavy atom. The molecule has 0 spiro atoms. The Morgan fingerprint density at radius 3 is 2.19 bits per heavy atom. The van der Waals surface area contributed by atoms with E-state index in [-0.39, 0.29) is 0 Å². The first kappa shape index (κ1) is 13.6. The SMILES string of the molecule is c1ccc(N=C(Nc2ccccc2)N2CCOCC2)cc1. The van der Waals surface area contributed by atoms with Crippen LogP contribution in [0.25, 0.3) is 0 Å². The third kappa shape index (κ3) is 3.83. The number of nitrogens with one attached hydrogen (secondary N) is 1. The summed E-state index contributed by atoms with van der Waals surface area (Å²) in [6.07, 6.45) is 0. The van der Waals surface area contributed by atoms with Gasteiger partial charge in [-0.15, -0.1) is 0 Å². The maximum Gasteiger partial charge on any atom is 0.203 e. The zero-order valence-electron chi connectivity index (χ0n) is 11.9. The molecule has 0 amide bonds. The van der Waals surface area contributed by atoms with E-state index in [0.29, 0.717) is 0 Å². The molecule has 108 valence electrons. The molecule has 2 aromatic carbocycles. The van der Waals surface area contributed by atoms with Crippen LogP contribution in [0.5, 0.6) is 0 Å². The lowest BCUT2D eigenvalue weighted by atomic mass is 10.3. The number of aliphatic imine (C=N–C) groups is 1. The zero-order chi connectivity index (χ0) is 14.3. The molecule has 0 aromatic heterocycles. The molecular formula is C17H19N3O. The first-order valence-electron chi connectivity index (χ1n) is 7.20. The standard InChI is InChI=1S/C17H19N3O/c1-3-7-15(8-4-1)18-17(20-11-13-21-14-12-20)19-16-9-5-2-6-10-16/h1-10H,11-14H2,(H,18,19). The van der Waals surface area contributed by atoms with Crippen molar-refractivity contribution in [3.8, 4) is 0 Å². The summed E-state index contributed by atoms with van der Waals surface area (Å²) in [5.41, 5.74) is 1.99. The fraction of sp³-hybridized carbons (Fsp3) is 0.235. The Kier molecular flexibility index (Phi) is 4.49. The summed E-state index contributed by atoms with van der Waals surface area (Å²) in [4.78, 5) is 6.98. The van der Waals surface area contributed by atoms with E-state index in [1.54, 1.807) is 0 Å². The summed E-state index contributed by atoms with van der Waals surface area (Å²) in [5, 5.41) is 3.42. The van der Waals surface area contributed by atoms with Crippen molar-refractivity contribution >= 4 is 17.3 Å². The summed E-state index contributed by atoms with van der Waals surface area (Å²) in [5.74, 6) is 0.871. The molecule has 4 nitrogen and oxygen atoms in total. The lowest BCUT2D eigenvalue weighted by Crippen LogP contribution is -2.44. The van der Waals surface area contributed by atoms with Gasteiger partial charge in [0.1, 0.15) is 0 Å². The quantitative estimate of drug-likeness (QED) is 0.679. The van der Waals surface area contributed by atoms with Crippen molar-refractivity contribution in [1.29, 1.82) is 0 Å². The van der Waals surface area contributed by atoms with Crippen LogP contribution in [0.2, 0.25) is 0 Å². The molecule has 2 aromatic rings. The topological polar surface area (TPSA) is 36.9 Å². The lowest BCUT2D eigenvalue weighted by molar-refractivity contribution is 0.0680. The van der Waals surface area contributed by atoms with Crippen molar-refractivity contribution in [3.05, 3.63) is 60.7 Å². The van der Waals surface area contributed by atoms with Crippen molar-refractivity contribution in [1.82, 2.24) is 4.90 Å². The number of morpholine rings is 1. The summed E-state index contributed by atoms with van der Waals surface area (Å²) in [7, 11) is 0. The van der Waals surface area contributed by atoms with Crippen LogP contribution in [-0.2, 0) is 4.74 Å². The predicted octanol–water partition coefficient (Wildman–Crippen LogP) is 3.12. The van der Waals surface area contributed by atoms with Gasteiger partial charge in [-0.1, -0.05) is 36.4 Å². The summed E-state index contributed by atoms with van der Waals surface area (Å²) in [6.45, 7) is 3.19. The Balaban J connectivity index is 1.85. The highest BCUT2D eigenvalue weighted by atomic mass is 16.5. The van der Waals surface area contributed by atoms with Crippen LogP contribution >= 0.6 is 0 Å². The number of hydrogen-bond acceptors (Lipinski definition) is 2. The highest BCUT2D eigenvalue weighted by molar-refractivity contribution is 5.95. The molecule has 1 saturated heterocycles. The average Bonchev–Trinajstić information content (AvgIpc) is 2.57. The van der Waals surface area contributed by atoms with Crippen LogP contribution in [0, 0.1) is 0 Å². The Labute approximate surface area is 125 Å². The third-order valence-corrected chi connectivity index (χ3v) is 3.33. The van der Waals surface area contributed by atoms with Gasteiger partial charge in [-0.25, -0.2) is 4.99 Å². The van der Waals surface area contributed by atoms with E-state index in [1.807, 2.05) is 60.7 Å². The molecule has 1 heterocycles. The molecule has 0 aliphatic carbocycles. The van der Waals surface area contributed by atoms with Crippen molar-refractivity contribution in [2.45, 2.75) is 0 Å². The summed E-state index contributed by atoms with van der Waals surface area (Å²) in [6, 6.07) is 20.1. The highest BCUT2D eigenvalue weighted by Crippen LogP contribution is 2.14. The van der Waals surface area contributed by atoms with E-state index in [4.69, 9.17) is 9.73 Å². The third-order valence-electron chi connectivity index (χ3n) is 3.33. The zero-order valence-corrected chi connectivity index (χ0v) is 11.9. The van der Waals surface area contributed by atoms with Crippen molar-refractivity contribution in [3.63, 3.8) is 0 Å². The maximum atomic E-state index is 5.43. The molecule has 0 bridgehead atoms. The summed E-state index contributed by atoms with van der Waals surface area (Å²) < 4.78 is 5.43. The van der Waals surface area contributed by atoms with Gasteiger partial charge in [0.15, 0.2) is 0 Å². The Morgan fingerprint density at radius 2 is 1.52 bits per heavy atom. The number of rotatable bonds is 2. The van der Waals surface area contributed by atoms with Crippen LogP contribution < -0.4 is 5.32 Å². The van der Waals surface area contributed by atoms with Gasteiger partial charge in [-0.3, -0.25) is 0 Å². The Hall–Kier alpha value is -2.33. The molecule has 1 N–H and O–H groups in total. The molecule has 3 rings (SSSR count). The molecular weight excluding hydrogens is 262 g/mol. The number of nitrogens with zero attached hydrogens (tertiary/aromatic N) is 2. The maximum absolute atomic E-state index is 5.43. The second-order valence-corrected chi connectivity index (χ2v) is 4.86. The Bertz CT molecular complexity index is 577. The molecule has 1 fully saturated rings. The average molecular weight is 281 g/mol. The van der Waals surface area contributed by atoms with Gasteiger partial charge in [0.2, 0.25) is 5.96 Å². The minimum Gasteiger partial charge on any atom is -0.378 e. The first-order valence-corrected chi connectivity index (χ1v) is 7.20. The molecule has 0 radical (unpaired) electrons. The van der Waals surface area contributed by atoms with Crippen LogP contribution in [0.3, 0.4) is 0 Å². The van der Waals surface area contributed by atoms with E-state index in [2.05, 4.69) is 10.2 Å². The van der Waals surface area contributed by atoms with Gasteiger partial charge in [0, 0.05) is 18.8 Å². The van der Waals surface area contributed by atoms with Gasteiger partial charge in [-0.2, -0.15) is 0 Å². The minimum absolute atomic E-state index is 0.740. The van der Waals surface area contributed by atoms with Gasteiger partial charge >= 0.3 is 0 Å². The van der Waals surface area contributed by atoms with Crippen LogP contribution in [0.4, 0.5) is 11.4 Å². The van der Waals surface area contributed by atoms with E-state index >= 15 is 0 Å². The predicted molar refractivity (Wildman–Crippen MR) is 86.0 cm³/mol. The smallest absolute Gasteiger partial charge is 0.203 e. The number of guanidine groups is 1. The molecule has 4 heteroatoms. The highest BCUT2D eigenvalue weighted by Gasteiger charge is 2.15. The van der Waals surface area contributed by atoms with Gasteiger partial charge in [0.05, 0.1) is 18.9 Å². The van der Waals surface area contributed by atoms with E-state index in [0.717, 1.165) is 43.6 Å². The largest absolute Gasteiger partial charge is 0.378 e. The molecule has 1 aliphatic rings. The normalized spacial score (nSPS) is 15.8. The molecule has 0 unspecified atom stereocenters. The number of ether oxygens (including phenoxy) is 1. The molecule has 21 heavy (non-hydrogen) atoms. The van der Waals surface area contributed by atoms with Crippen LogP contribution in [0.1, 0.15) is 0 Å². The molecule has 0 saturated carbocycles. The summed E-state index contributed by atoms with van der Waals surface area (Å²) >= 11 is 0. The lowest BCUT2D eigenvalue weighted by Gasteiger charge is -2.30. The first-order chi connectivity index (χ1) is 10.4. The van der Waals surface area contributed by atoms with Gasteiger partial charge in [0.25, 0.3) is 0 Å².